The highest BCUT2D eigenvalue weighted by Crippen LogP contribution is 2.31. The predicted octanol–water partition coefficient (Wildman–Crippen LogP) is 5.22. The molecule has 8 heteroatoms. The Hall–Kier alpha value is -1.77. The minimum atomic E-state index is -1.02. The molecule has 2 N–H and O–H groups in total. The summed E-state index contributed by atoms with van der Waals surface area (Å²) in [4.78, 5) is 26.0. The molecule has 0 radical (unpaired) electrons. The van der Waals surface area contributed by atoms with Gasteiger partial charge >= 0.3 is 5.97 Å². The van der Waals surface area contributed by atoms with Gasteiger partial charge in [-0.15, -0.1) is 0 Å². The first-order chi connectivity index (χ1) is 13.4. The van der Waals surface area contributed by atoms with E-state index in [-0.39, 0.29) is 12.3 Å². The number of anilines is 2. The highest BCUT2D eigenvalue weighted by atomic mass is 127. The fourth-order valence-electron chi connectivity index (χ4n) is 2.99. The number of carbonyl (C=O) groups excluding carboxylic acids is 1. The van der Waals surface area contributed by atoms with Crippen molar-refractivity contribution in [3.8, 4) is 0 Å². The van der Waals surface area contributed by atoms with Crippen LogP contribution < -0.4 is 10.2 Å². The Morgan fingerprint density at radius 2 is 2.00 bits per heavy atom. The molecular formula is C20H17Cl2IN2O3. The normalized spacial score (nSPS) is 16.5. The van der Waals surface area contributed by atoms with E-state index in [1.807, 2.05) is 52.9 Å². The van der Waals surface area contributed by atoms with Crippen LogP contribution in [0.5, 0.6) is 0 Å². The van der Waals surface area contributed by atoms with Crippen molar-refractivity contribution in [2.24, 2.45) is 0 Å². The summed E-state index contributed by atoms with van der Waals surface area (Å²) >= 11 is 14.2. The average molecular weight is 531 g/mol. The number of halogens is 3. The van der Waals surface area contributed by atoms with Crippen LogP contribution in [0.3, 0.4) is 0 Å². The third-order valence-electron chi connectivity index (χ3n) is 4.41. The summed E-state index contributed by atoms with van der Waals surface area (Å²) in [5.41, 5.74) is 2.01. The Labute approximate surface area is 186 Å². The van der Waals surface area contributed by atoms with Crippen molar-refractivity contribution >= 4 is 69.0 Å². The SMILES string of the molecule is O=C(O)C(CC=C1CCN(c2ccccc2)C1=O)Nc1cc(Cl)cc(Cl)c1I. The van der Waals surface area contributed by atoms with Gasteiger partial charge in [0, 0.05) is 22.8 Å². The number of carboxylic acid groups (broad SMARTS) is 1. The Kier molecular flexibility index (Phi) is 6.85. The van der Waals surface area contributed by atoms with Gasteiger partial charge in [-0.2, -0.15) is 0 Å². The van der Waals surface area contributed by atoms with Crippen molar-refractivity contribution < 1.29 is 14.7 Å². The van der Waals surface area contributed by atoms with Gasteiger partial charge in [-0.05, 0) is 59.7 Å². The molecule has 2 aromatic carbocycles. The molecule has 1 unspecified atom stereocenters. The van der Waals surface area contributed by atoms with Gasteiger partial charge in [0.2, 0.25) is 0 Å². The van der Waals surface area contributed by atoms with E-state index in [4.69, 9.17) is 23.2 Å². The van der Waals surface area contributed by atoms with Crippen molar-refractivity contribution in [2.75, 3.05) is 16.8 Å². The van der Waals surface area contributed by atoms with E-state index in [0.717, 1.165) is 5.69 Å². The summed E-state index contributed by atoms with van der Waals surface area (Å²) in [6, 6.07) is 11.8. The monoisotopic (exact) mass is 530 g/mol. The summed E-state index contributed by atoms with van der Waals surface area (Å²) in [7, 11) is 0. The van der Waals surface area contributed by atoms with Crippen LogP contribution in [-0.2, 0) is 9.59 Å². The maximum atomic E-state index is 12.6. The topological polar surface area (TPSA) is 69.6 Å². The zero-order valence-corrected chi connectivity index (χ0v) is 18.3. The van der Waals surface area contributed by atoms with Gasteiger partial charge < -0.3 is 15.3 Å². The van der Waals surface area contributed by atoms with Gasteiger partial charge in [-0.1, -0.05) is 47.5 Å². The second kappa shape index (κ2) is 9.15. The van der Waals surface area contributed by atoms with Crippen LogP contribution >= 0.6 is 45.8 Å². The molecule has 1 fully saturated rings. The highest BCUT2D eigenvalue weighted by molar-refractivity contribution is 14.1. The number of para-hydroxylation sites is 1. The molecule has 0 bridgehead atoms. The van der Waals surface area contributed by atoms with Gasteiger partial charge in [0.15, 0.2) is 0 Å². The van der Waals surface area contributed by atoms with Gasteiger partial charge in [-0.25, -0.2) is 4.79 Å². The van der Waals surface area contributed by atoms with Gasteiger partial charge in [0.05, 0.1) is 14.3 Å². The molecule has 0 saturated carbocycles. The molecule has 1 atom stereocenters. The maximum Gasteiger partial charge on any atom is 0.326 e. The minimum absolute atomic E-state index is 0.0873. The number of nitrogens with one attached hydrogen (secondary N) is 1. The number of rotatable bonds is 6. The second-order valence-electron chi connectivity index (χ2n) is 6.29. The lowest BCUT2D eigenvalue weighted by atomic mass is 10.1. The average Bonchev–Trinajstić information content (AvgIpc) is 3.03. The number of carboxylic acids is 1. The molecule has 1 amide bonds. The maximum absolute atomic E-state index is 12.6. The Balaban J connectivity index is 1.74. The molecule has 28 heavy (non-hydrogen) atoms. The first-order valence-corrected chi connectivity index (χ1v) is 10.4. The van der Waals surface area contributed by atoms with Crippen LogP contribution in [0.1, 0.15) is 12.8 Å². The van der Waals surface area contributed by atoms with Crippen LogP contribution in [0.25, 0.3) is 0 Å². The third-order valence-corrected chi connectivity index (χ3v) is 6.41. The van der Waals surface area contributed by atoms with E-state index in [2.05, 4.69) is 5.32 Å². The molecule has 146 valence electrons. The summed E-state index contributed by atoms with van der Waals surface area (Å²) in [6.07, 6.45) is 2.45. The van der Waals surface area contributed by atoms with E-state index in [1.165, 1.54) is 0 Å². The fourth-order valence-corrected chi connectivity index (χ4v) is 3.95. The molecule has 3 rings (SSSR count). The van der Waals surface area contributed by atoms with E-state index in [1.54, 1.807) is 23.1 Å². The third kappa shape index (κ3) is 4.79. The van der Waals surface area contributed by atoms with Gasteiger partial charge in [-0.3, -0.25) is 4.79 Å². The molecule has 1 aliphatic rings. The standard InChI is InChI=1S/C20H17Cl2IN2O3/c21-13-10-15(22)18(23)17(11-13)24-16(20(27)28)7-6-12-8-9-25(19(12)26)14-4-2-1-3-5-14/h1-6,10-11,16,24H,7-9H2,(H,27,28). The number of carbonyl (C=O) groups is 2. The number of nitrogens with zero attached hydrogens (tertiary/aromatic N) is 1. The summed E-state index contributed by atoms with van der Waals surface area (Å²) in [5.74, 6) is -1.11. The highest BCUT2D eigenvalue weighted by Gasteiger charge is 2.27. The number of benzene rings is 2. The molecule has 1 aliphatic heterocycles. The summed E-state index contributed by atoms with van der Waals surface area (Å²) in [5, 5.41) is 13.4. The van der Waals surface area contributed by atoms with Crippen LogP contribution in [0.15, 0.2) is 54.1 Å². The zero-order chi connectivity index (χ0) is 20.3. The largest absolute Gasteiger partial charge is 0.480 e. The van der Waals surface area contributed by atoms with Crippen LogP contribution in [0, 0.1) is 3.57 Å². The van der Waals surface area contributed by atoms with E-state index in [0.29, 0.717) is 37.8 Å². The first kappa shape index (κ1) is 21.0. The molecular weight excluding hydrogens is 514 g/mol. The lowest BCUT2D eigenvalue weighted by molar-refractivity contribution is -0.137. The summed E-state index contributed by atoms with van der Waals surface area (Å²) < 4.78 is 0.690. The van der Waals surface area contributed by atoms with Gasteiger partial charge in [0.25, 0.3) is 5.91 Å². The van der Waals surface area contributed by atoms with Crippen LogP contribution in [0.2, 0.25) is 10.0 Å². The quantitative estimate of drug-likeness (QED) is 0.305. The smallest absolute Gasteiger partial charge is 0.326 e. The van der Waals surface area contributed by atoms with Crippen molar-refractivity contribution in [1.82, 2.24) is 0 Å². The summed E-state index contributed by atoms with van der Waals surface area (Å²) in [6.45, 7) is 0.585. The molecule has 2 aromatic rings. The Morgan fingerprint density at radius 1 is 1.29 bits per heavy atom. The molecule has 5 nitrogen and oxygen atoms in total. The van der Waals surface area contributed by atoms with E-state index >= 15 is 0 Å². The molecule has 1 heterocycles. The predicted molar refractivity (Wildman–Crippen MR) is 120 cm³/mol. The van der Waals surface area contributed by atoms with Crippen LogP contribution in [-0.4, -0.2) is 29.6 Å². The molecule has 0 aromatic heterocycles. The Bertz CT molecular complexity index is 935. The molecule has 0 spiro atoms. The number of amides is 1. The van der Waals surface area contributed by atoms with E-state index in [9.17, 15) is 14.7 Å². The minimum Gasteiger partial charge on any atom is -0.480 e. The first-order valence-electron chi connectivity index (χ1n) is 8.56. The van der Waals surface area contributed by atoms with Crippen molar-refractivity contribution in [2.45, 2.75) is 18.9 Å². The molecule has 1 saturated heterocycles. The number of hydrogen-bond acceptors (Lipinski definition) is 3. The lowest BCUT2D eigenvalue weighted by Gasteiger charge is -2.17. The van der Waals surface area contributed by atoms with Crippen molar-refractivity contribution in [3.05, 3.63) is 67.7 Å². The van der Waals surface area contributed by atoms with Crippen molar-refractivity contribution in [1.29, 1.82) is 0 Å². The van der Waals surface area contributed by atoms with Crippen molar-refractivity contribution in [3.63, 3.8) is 0 Å². The Morgan fingerprint density at radius 3 is 2.68 bits per heavy atom. The van der Waals surface area contributed by atoms with Crippen LogP contribution in [0.4, 0.5) is 11.4 Å². The lowest BCUT2D eigenvalue weighted by Crippen LogP contribution is -2.29. The fraction of sp³-hybridized carbons (Fsp3) is 0.200. The second-order valence-corrected chi connectivity index (χ2v) is 8.21. The zero-order valence-electron chi connectivity index (χ0n) is 14.7. The molecule has 0 aliphatic carbocycles. The number of hydrogen-bond donors (Lipinski definition) is 2. The van der Waals surface area contributed by atoms with Gasteiger partial charge in [0.1, 0.15) is 6.04 Å². The van der Waals surface area contributed by atoms with E-state index < -0.39 is 12.0 Å². The number of aliphatic carboxylic acids is 1.